The van der Waals surface area contributed by atoms with Crippen molar-refractivity contribution in [1.82, 2.24) is 0 Å². The summed E-state index contributed by atoms with van der Waals surface area (Å²) in [7, 11) is 0. The summed E-state index contributed by atoms with van der Waals surface area (Å²) in [6.07, 6.45) is 6.05. The van der Waals surface area contributed by atoms with Crippen LogP contribution in [0.3, 0.4) is 0 Å². The lowest BCUT2D eigenvalue weighted by atomic mass is 9.67. The van der Waals surface area contributed by atoms with Crippen LogP contribution in [0.1, 0.15) is 47.0 Å². The molecule has 0 radical (unpaired) electrons. The molecular formula is C14H24O. The zero-order chi connectivity index (χ0) is 11.1. The number of ether oxygens (including phenoxy) is 1. The van der Waals surface area contributed by atoms with Crippen LogP contribution in [0.25, 0.3) is 0 Å². The van der Waals surface area contributed by atoms with E-state index in [9.17, 15) is 0 Å². The molecule has 2 aliphatic rings. The minimum atomic E-state index is 0.189. The third-order valence-corrected chi connectivity index (χ3v) is 4.72. The molecule has 3 atom stereocenters. The quantitative estimate of drug-likeness (QED) is 0.627. The van der Waals surface area contributed by atoms with Gasteiger partial charge in [-0.05, 0) is 43.9 Å². The van der Waals surface area contributed by atoms with E-state index in [1.807, 2.05) is 0 Å². The zero-order valence-corrected chi connectivity index (χ0v) is 10.5. The second-order valence-corrected chi connectivity index (χ2v) is 5.43. The smallest absolute Gasteiger partial charge is 0.0712 e. The van der Waals surface area contributed by atoms with E-state index in [4.69, 9.17) is 4.74 Å². The first-order valence-corrected chi connectivity index (χ1v) is 6.44. The Labute approximate surface area is 93.9 Å². The number of allylic oxidation sites excluding steroid dienone is 2. The first-order valence-electron chi connectivity index (χ1n) is 6.44. The van der Waals surface area contributed by atoms with E-state index in [2.05, 4.69) is 33.8 Å². The van der Waals surface area contributed by atoms with Crippen molar-refractivity contribution < 1.29 is 4.74 Å². The average Bonchev–Trinajstić information content (AvgIpc) is 2.57. The Morgan fingerprint density at radius 1 is 1.40 bits per heavy atom. The van der Waals surface area contributed by atoms with Crippen LogP contribution < -0.4 is 0 Å². The van der Waals surface area contributed by atoms with Gasteiger partial charge in [0.1, 0.15) is 0 Å². The lowest BCUT2D eigenvalue weighted by molar-refractivity contribution is -0.0281. The number of fused-ring (bicyclic) bond motifs is 1. The van der Waals surface area contributed by atoms with Crippen LogP contribution in [0, 0.1) is 17.8 Å². The molecule has 0 saturated carbocycles. The largest absolute Gasteiger partial charge is 0.374 e. The Balaban J connectivity index is 2.26. The van der Waals surface area contributed by atoms with E-state index in [1.54, 1.807) is 5.57 Å². The molecule has 0 aromatic rings. The predicted octanol–water partition coefficient (Wildman–Crippen LogP) is 3.79. The molecule has 0 bridgehead atoms. The molecule has 3 unspecified atom stereocenters. The third kappa shape index (κ3) is 1.65. The van der Waals surface area contributed by atoms with Crippen LogP contribution in [0.15, 0.2) is 11.6 Å². The molecule has 0 spiro atoms. The van der Waals surface area contributed by atoms with Crippen LogP contribution in [0.2, 0.25) is 0 Å². The highest BCUT2D eigenvalue weighted by molar-refractivity contribution is 5.14. The molecule has 0 aromatic carbocycles. The molecule has 1 nitrogen and oxygen atoms in total. The molecule has 1 aliphatic carbocycles. The monoisotopic (exact) mass is 208 g/mol. The van der Waals surface area contributed by atoms with E-state index in [-0.39, 0.29) is 5.60 Å². The first kappa shape index (κ1) is 11.2. The fraction of sp³-hybridized carbons (Fsp3) is 0.857. The molecule has 86 valence electrons. The zero-order valence-electron chi connectivity index (χ0n) is 10.5. The predicted molar refractivity (Wildman–Crippen MR) is 63.8 cm³/mol. The second-order valence-electron chi connectivity index (χ2n) is 5.43. The highest BCUT2D eigenvalue weighted by Crippen LogP contribution is 2.49. The van der Waals surface area contributed by atoms with Gasteiger partial charge in [-0.3, -0.25) is 0 Å². The van der Waals surface area contributed by atoms with E-state index in [0.29, 0.717) is 5.92 Å². The fourth-order valence-electron chi connectivity index (χ4n) is 3.70. The molecule has 0 N–H and O–H groups in total. The van der Waals surface area contributed by atoms with Gasteiger partial charge in [0.05, 0.1) is 12.2 Å². The molecule has 1 saturated heterocycles. The Morgan fingerprint density at radius 3 is 2.67 bits per heavy atom. The molecule has 15 heavy (non-hydrogen) atoms. The van der Waals surface area contributed by atoms with Crippen molar-refractivity contribution in [1.29, 1.82) is 0 Å². The molecule has 1 aliphatic heterocycles. The van der Waals surface area contributed by atoms with Gasteiger partial charge in [-0.15, -0.1) is 0 Å². The third-order valence-electron chi connectivity index (χ3n) is 4.72. The number of hydrogen-bond acceptors (Lipinski definition) is 1. The SMILES string of the molecule is CCC1(CC)OCC2C(C)C=C(C)CC21. The van der Waals surface area contributed by atoms with Crippen LogP contribution in [0.5, 0.6) is 0 Å². The van der Waals surface area contributed by atoms with Gasteiger partial charge >= 0.3 is 0 Å². The highest BCUT2D eigenvalue weighted by Gasteiger charge is 2.49. The van der Waals surface area contributed by atoms with Crippen molar-refractivity contribution in [2.75, 3.05) is 6.61 Å². The summed E-state index contributed by atoms with van der Waals surface area (Å²) >= 11 is 0. The minimum Gasteiger partial charge on any atom is -0.374 e. The second kappa shape index (κ2) is 3.93. The maximum Gasteiger partial charge on any atom is 0.0712 e. The van der Waals surface area contributed by atoms with Crippen molar-refractivity contribution in [3.05, 3.63) is 11.6 Å². The Morgan fingerprint density at radius 2 is 2.07 bits per heavy atom. The van der Waals surface area contributed by atoms with Crippen molar-refractivity contribution in [3.63, 3.8) is 0 Å². The van der Waals surface area contributed by atoms with Gasteiger partial charge in [0, 0.05) is 0 Å². The summed E-state index contributed by atoms with van der Waals surface area (Å²) < 4.78 is 6.17. The standard InChI is InChI=1S/C14H24O/c1-5-14(6-2)13-8-10(3)7-11(4)12(13)9-15-14/h7,11-13H,5-6,8-9H2,1-4H3. The van der Waals surface area contributed by atoms with E-state index in [0.717, 1.165) is 18.4 Å². The lowest BCUT2D eigenvalue weighted by Gasteiger charge is -2.38. The maximum atomic E-state index is 6.17. The van der Waals surface area contributed by atoms with Crippen molar-refractivity contribution >= 4 is 0 Å². The molecule has 1 heteroatoms. The van der Waals surface area contributed by atoms with E-state index >= 15 is 0 Å². The van der Waals surface area contributed by atoms with Crippen molar-refractivity contribution in [3.8, 4) is 0 Å². The van der Waals surface area contributed by atoms with Gasteiger partial charge in [-0.1, -0.05) is 32.4 Å². The molecule has 1 heterocycles. The van der Waals surface area contributed by atoms with Crippen LogP contribution in [0.4, 0.5) is 0 Å². The van der Waals surface area contributed by atoms with Gasteiger partial charge in [0.2, 0.25) is 0 Å². The highest BCUT2D eigenvalue weighted by atomic mass is 16.5. The first-order chi connectivity index (χ1) is 7.13. The molecular weight excluding hydrogens is 184 g/mol. The summed E-state index contributed by atoms with van der Waals surface area (Å²) in [6.45, 7) is 10.2. The minimum absolute atomic E-state index is 0.189. The number of rotatable bonds is 2. The van der Waals surface area contributed by atoms with Gasteiger partial charge in [-0.25, -0.2) is 0 Å². The van der Waals surface area contributed by atoms with E-state index in [1.165, 1.54) is 19.3 Å². The van der Waals surface area contributed by atoms with Gasteiger partial charge in [-0.2, -0.15) is 0 Å². The van der Waals surface area contributed by atoms with Gasteiger partial charge in [0.25, 0.3) is 0 Å². The normalized spacial score (nSPS) is 38.7. The summed E-state index contributed by atoms with van der Waals surface area (Å²) in [5.41, 5.74) is 1.76. The lowest BCUT2D eigenvalue weighted by Crippen LogP contribution is -2.38. The van der Waals surface area contributed by atoms with Crippen LogP contribution in [-0.2, 0) is 4.74 Å². The summed E-state index contributed by atoms with van der Waals surface area (Å²) in [5, 5.41) is 0. The van der Waals surface area contributed by atoms with Gasteiger partial charge < -0.3 is 4.74 Å². The maximum absolute atomic E-state index is 6.17. The van der Waals surface area contributed by atoms with Crippen LogP contribution >= 0.6 is 0 Å². The molecule has 0 aromatic heterocycles. The summed E-state index contributed by atoms with van der Waals surface area (Å²) in [6, 6.07) is 0. The topological polar surface area (TPSA) is 9.23 Å². The molecule has 2 rings (SSSR count). The van der Waals surface area contributed by atoms with Crippen molar-refractivity contribution in [2.24, 2.45) is 17.8 Å². The Hall–Kier alpha value is -0.300. The summed E-state index contributed by atoms with van der Waals surface area (Å²) in [5.74, 6) is 2.25. The summed E-state index contributed by atoms with van der Waals surface area (Å²) in [4.78, 5) is 0. The molecule has 1 fully saturated rings. The Kier molecular flexibility index (Phi) is 2.94. The fourth-order valence-corrected chi connectivity index (χ4v) is 3.70. The van der Waals surface area contributed by atoms with Gasteiger partial charge in [0.15, 0.2) is 0 Å². The number of hydrogen-bond donors (Lipinski definition) is 0. The Bertz CT molecular complexity index is 263. The average molecular weight is 208 g/mol. The van der Waals surface area contributed by atoms with Crippen LogP contribution in [-0.4, -0.2) is 12.2 Å². The molecule has 0 amide bonds. The van der Waals surface area contributed by atoms with E-state index < -0.39 is 0 Å². The van der Waals surface area contributed by atoms with Crippen molar-refractivity contribution in [2.45, 2.75) is 52.6 Å².